The van der Waals surface area contributed by atoms with E-state index in [9.17, 15) is 0 Å². The molecule has 2 rings (SSSR count). The molecule has 0 heterocycles. The molecule has 0 aliphatic carbocycles. The van der Waals surface area contributed by atoms with Crippen molar-refractivity contribution in [1.82, 2.24) is 0 Å². The maximum atomic E-state index is 2.28. The van der Waals surface area contributed by atoms with Crippen LogP contribution in [0.3, 0.4) is 0 Å². The first-order chi connectivity index (χ1) is 8.38. The summed E-state index contributed by atoms with van der Waals surface area (Å²) in [4.78, 5) is 0. The fourth-order valence-corrected chi connectivity index (χ4v) is 2.36. The van der Waals surface area contributed by atoms with Crippen LogP contribution in [0.2, 0.25) is 0 Å². The highest BCUT2D eigenvalue weighted by molar-refractivity contribution is 5.81. The molecule has 0 aliphatic heterocycles. The van der Waals surface area contributed by atoms with E-state index < -0.39 is 0 Å². The van der Waals surface area contributed by atoms with Crippen molar-refractivity contribution in [3.8, 4) is 0 Å². The summed E-state index contributed by atoms with van der Waals surface area (Å²) >= 11 is 0. The molecule has 0 spiro atoms. The molecule has 0 amide bonds. The molecule has 0 N–H and O–H groups in total. The Balaban J connectivity index is 0.000000187. The van der Waals surface area contributed by atoms with Gasteiger partial charge in [0, 0.05) is 0 Å². The number of rotatable bonds is 1. The maximum absolute atomic E-state index is 2.28. The smallest absolute Gasteiger partial charge is 0.0184 e. The van der Waals surface area contributed by atoms with Gasteiger partial charge in [0.1, 0.15) is 0 Å². The lowest BCUT2D eigenvalue weighted by Gasteiger charge is -2.19. The molecule has 2 aromatic rings. The van der Waals surface area contributed by atoms with E-state index in [1.807, 2.05) is 0 Å². The second-order valence-corrected chi connectivity index (χ2v) is 6.51. The largest absolute Gasteiger partial charge is 0.0628 e. The van der Waals surface area contributed by atoms with Crippen molar-refractivity contribution in [2.75, 3.05) is 0 Å². The van der Waals surface area contributed by atoms with Crippen molar-refractivity contribution in [2.45, 2.75) is 41.0 Å². The van der Waals surface area contributed by atoms with Gasteiger partial charge in [-0.1, -0.05) is 83.1 Å². The van der Waals surface area contributed by atoms with E-state index in [1.54, 1.807) is 0 Å². The molecule has 0 heteroatoms. The Labute approximate surface area is 112 Å². The topological polar surface area (TPSA) is 0 Å². The minimum Gasteiger partial charge on any atom is -0.0628 e. The Morgan fingerprint density at radius 3 is 1.28 bits per heavy atom. The third-order valence-corrected chi connectivity index (χ3v) is 2.68. The highest BCUT2D eigenvalue weighted by Gasteiger charge is 2.11. The van der Waals surface area contributed by atoms with Crippen molar-refractivity contribution < 1.29 is 0 Å². The Hall–Kier alpha value is -1.30. The van der Waals surface area contributed by atoms with Gasteiger partial charge in [-0.05, 0) is 28.5 Å². The minimum atomic E-state index is 0.522. The summed E-state index contributed by atoms with van der Waals surface area (Å²) in [6.07, 6.45) is 1.33. The van der Waals surface area contributed by atoms with Gasteiger partial charge in [0.25, 0.3) is 0 Å². The molecule has 2 aromatic carbocycles. The van der Waals surface area contributed by atoms with Crippen LogP contribution in [-0.4, -0.2) is 0 Å². The van der Waals surface area contributed by atoms with Crippen molar-refractivity contribution in [3.05, 3.63) is 48.5 Å². The van der Waals surface area contributed by atoms with Gasteiger partial charge >= 0.3 is 0 Å². The van der Waals surface area contributed by atoms with Crippen LogP contribution in [0.1, 0.15) is 41.0 Å². The summed E-state index contributed by atoms with van der Waals surface area (Å²) in [5.41, 5.74) is 0.522. The zero-order chi connectivity index (χ0) is 13.6. The zero-order valence-electron chi connectivity index (χ0n) is 12.4. The highest BCUT2D eigenvalue weighted by atomic mass is 14.2. The molecule has 18 heavy (non-hydrogen) atoms. The summed E-state index contributed by atoms with van der Waals surface area (Å²) in [7, 11) is 0. The van der Waals surface area contributed by atoms with Gasteiger partial charge in [-0.25, -0.2) is 0 Å². The summed E-state index contributed by atoms with van der Waals surface area (Å²) in [5.74, 6) is 0.843. The SMILES string of the molecule is CC(C)CC(C)(C)C.c1ccc2ccccc2c1. The van der Waals surface area contributed by atoms with Crippen molar-refractivity contribution >= 4 is 10.8 Å². The molecule has 0 unspecified atom stereocenters. The van der Waals surface area contributed by atoms with Crippen LogP contribution in [0.5, 0.6) is 0 Å². The van der Waals surface area contributed by atoms with E-state index in [0.717, 1.165) is 5.92 Å². The first-order valence-electron chi connectivity index (χ1n) is 6.82. The highest BCUT2D eigenvalue weighted by Crippen LogP contribution is 2.23. The predicted octanol–water partition coefficient (Wildman–Crippen LogP) is 5.92. The molecule has 0 radical (unpaired) electrons. The van der Waals surface area contributed by atoms with Crippen LogP contribution in [-0.2, 0) is 0 Å². The maximum Gasteiger partial charge on any atom is -0.0184 e. The fourth-order valence-electron chi connectivity index (χ4n) is 2.36. The summed E-state index contributed by atoms with van der Waals surface area (Å²) in [5, 5.41) is 2.62. The Bertz CT molecular complexity index is 395. The summed E-state index contributed by atoms with van der Waals surface area (Å²) in [6, 6.07) is 16.7. The number of fused-ring (bicyclic) bond motifs is 1. The van der Waals surface area contributed by atoms with Gasteiger partial charge in [-0.3, -0.25) is 0 Å². The lowest BCUT2D eigenvalue weighted by Crippen LogP contribution is -2.08. The van der Waals surface area contributed by atoms with E-state index in [-0.39, 0.29) is 0 Å². The molecule has 0 bridgehead atoms. The molecule has 0 aliphatic rings. The molecule has 0 atom stereocenters. The number of hydrogen-bond donors (Lipinski definition) is 0. The second kappa shape index (κ2) is 6.58. The average Bonchev–Trinajstić information content (AvgIpc) is 2.27. The van der Waals surface area contributed by atoms with Gasteiger partial charge < -0.3 is 0 Å². The molecule has 0 aromatic heterocycles. The number of benzene rings is 2. The number of hydrogen-bond acceptors (Lipinski definition) is 0. The van der Waals surface area contributed by atoms with Crippen molar-refractivity contribution in [2.24, 2.45) is 11.3 Å². The van der Waals surface area contributed by atoms with Crippen LogP contribution in [0, 0.1) is 11.3 Å². The lowest BCUT2D eigenvalue weighted by atomic mass is 9.86. The van der Waals surface area contributed by atoms with Crippen LogP contribution >= 0.6 is 0 Å². The van der Waals surface area contributed by atoms with E-state index >= 15 is 0 Å². The fraction of sp³-hybridized carbons (Fsp3) is 0.444. The molecule has 0 fully saturated rings. The van der Waals surface area contributed by atoms with E-state index in [2.05, 4.69) is 83.1 Å². The predicted molar refractivity (Wildman–Crippen MR) is 82.9 cm³/mol. The van der Waals surface area contributed by atoms with E-state index in [1.165, 1.54) is 17.2 Å². The van der Waals surface area contributed by atoms with Crippen molar-refractivity contribution in [1.29, 1.82) is 0 Å². The second-order valence-electron chi connectivity index (χ2n) is 6.51. The third kappa shape index (κ3) is 5.86. The van der Waals surface area contributed by atoms with Crippen LogP contribution in [0.4, 0.5) is 0 Å². The molecular weight excluding hydrogens is 216 g/mol. The summed E-state index contributed by atoms with van der Waals surface area (Å²) in [6.45, 7) is 11.4. The molecule has 0 nitrogen and oxygen atoms in total. The van der Waals surface area contributed by atoms with Gasteiger partial charge in [0.05, 0.1) is 0 Å². The molecule has 0 saturated carbocycles. The van der Waals surface area contributed by atoms with Crippen LogP contribution in [0.15, 0.2) is 48.5 Å². The lowest BCUT2D eigenvalue weighted by molar-refractivity contribution is 0.320. The van der Waals surface area contributed by atoms with Gasteiger partial charge in [0.15, 0.2) is 0 Å². The van der Waals surface area contributed by atoms with Gasteiger partial charge in [0.2, 0.25) is 0 Å². The quantitative estimate of drug-likeness (QED) is 0.582. The van der Waals surface area contributed by atoms with Crippen LogP contribution < -0.4 is 0 Å². The summed E-state index contributed by atoms with van der Waals surface area (Å²) < 4.78 is 0. The molecular formula is C18H26. The standard InChI is InChI=1S/C10H8.C8H18/c1-2-6-10-8-4-3-7-9(10)5-1;1-7(2)6-8(3,4)5/h1-8H;7H,6H2,1-5H3. The molecule has 98 valence electrons. The van der Waals surface area contributed by atoms with E-state index in [4.69, 9.17) is 0 Å². The first kappa shape index (κ1) is 14.8. The Morgan fingerprint density at radius 2 is 1.11 bits per heavy atom. The molecule has 0 saturated heterocycles. The monoisotopic (exact) mass is 242 g/mol. The Kier molecular flexibility index (Phi) is 5.40. The van der Waals surface area contributed by atoms with Gasteiger partial charge in [-0.15, -0.1) is 0 Å². The average molecular weight is 242 g/mol. The van der Waals surface area contributed by atoms with Crippen molar-refractivity contribution in [3.63, 3.8) is 0 Å². The Morgan fingerprint density at radius 1 is 0.778 bits per heavy atom. The van der Waals surface area contributed by atoms with Gasteiger partial charge in [-0.2, -0.15) is 0 Å². The third-order valence-electron chi connectivity index (χ3n) is 2.68. The zero-order valence-corrected chi connectivity index (χ0v) is 12.4. The van der Waals surface area contributed by atoms with Crippen LogP contribution in [0.25, 0.3) is 10.8 Å². The van der Waals surface area contributed by atoms with E-state index in [0.29, 0.717) is 5.41 Å². The normalized spacial score (nSPS) is 11.2. The first-order valence-corrected chi connectivity index (χ1v) is 6.82. The minimum absolute atomic E-state index is 0.522.